The molecule has 0 bridgehead atoms. The van der Waals surface area contributed by atoms with Gasteiger partial charge in [-0.1, -0.05) is 0 Å². The summed E-state index contributed by atoms with van der Waals surface area (Å²) in [5.74, 6) is 0. The molecule has 1 aliphatic rings. The fourth-order valence-corrected chi connectivity index (χ4v) is 1.70. The summed E-state index contributed by atoms with van der Waals surface area (Å²) < 4.78 is 6.15. The van der Waals surface area contributed by atoms with E-state index in [-0.39, 0.29) is 18.2 Å². The molecule has 0 amide bonds. The van der Waals surface area contributed by atoms with Crippen molar-refractivity contribution in [1.82, 2.24) is 0 Å². The van der Waals surface area contributed by atoms with E-state index in [0.717, 1.165) is 0 Å². The van der Waals surface area contributed by atoms with Gasteiger partial charge in [0, 0.05) is 0 Å². The first kappa shape index (κ1) is 5.24. The van der Waals surface area contributed by atoms with Crippen LogP contribution in [0.1, 0.15) is 0 Å². The van der Waals surface area contributed by atoms with Crippen molar-refractivity contribution >= 4 is 0 Å². The van der Waals surface area contributed by atoms with Gasteiger partial charge in [0.2, 0.25) is 0 Å². The molecule has 0 aromatic carbocycles. The van der Waals surface area contributed by atoms with Gasteiger partial charge in [-0.25, -0.2) is 0 Å². The fourth-order valence-electron chi connectivity index (χ4n) is 0.489. The molecule has 2 N–H and O–H groups in total. The Balaban J connectivity index is 2.44. The maximum atomic E-state index is 5.48. The van der Waals surface area contributed by atoms with Crippen molar-refractivity contribution in [2.75, 3.05) is 0 Å². The Morgan fingerprint density at radius 3 is 2.14 bits per heavy atom. The van der Waals surface area contributed by atoms with E-state index in [0.29, 0.717) is 4.39 Å². The van der Waals surface area contributed by atoms with E-state index >= 15 is 0 Å². The summed E-state index contributed by atoms with van der Waals surface area (Å²) in [5.41, 5.74) is 0. The number of hydrogen-bond acceptors (Lipinski definition) is 1. The van der Waals surface area contributed by atoms with Crippen molar-refractivity contribution < 1.29 is 18.2 Å². The van der Waals surface area contributed by atoms with E-state index < -0.39 is 0 Å². The first-order valence-corrected chi connectivity index (χ1v) is 5.24. The topological polar surface area (TPSA) is 26.0 Å². The van der Waals surface area contributed by atoms with E-state index in [9.17, 15) is 0 Å². The minimum absolute atomic E-state index is 0.386. The third-order valence-electron chi connectivity index (χ3n) is 0.847. The zero-order valence-corrected chi connectivity index (χ0v) is 6.56. The predicted molar refractivity (Wildman–Crippen MR) is 26.2 cm³/mol. The molecule has 0 fully saturated rings. The second kappa shape index (κ2) is 2.42. The van der Waals surface area contributed by atoms with Gasteiger partial charge in [0.1, 0.15) is 0 Å². The molecule has 0 aliphatic heterocycles. The molecule has 0 aromatic heterocycles. The molecule has 0 spiro atoms. The molecule has 0 unspecified atom stereocenters. The van der Waals surface area contributed by atoms with Crippen LogP contribution in [0.5, 0.6) is 0 Å². The van der Waals surface area contributed by atoms with Crippen LogP contribution >= 0.6 is 0 Å². The first-order valence-electron chi connectivity index (χ1n) is 2.10. The molecule has 7 heavy (non-hydrogen) atoms. The third-order valence-corrected chi connectivity index (χ3v) is 2.94. The van der Waals surface area contributed by atoms with Gasteiger partial charge >= 0.3 is 51.3 Å². The molecule has 1 rings (SSSR count). The third kappa shape index (κ3) is 1.24. The van der Waals surface area contributed by atoms with Crippen molar-refractivity contribution in [3.63, 3.8) is 0 Å². The Bertz CT molecular complexity index is 94.6. The van der Waals surface area contributed by atoms with Crippen LogP contribution in [-0.2, 0) is 18.2 Å². The van der Waals surface area contributed by atoms with Gasteiger partial charge in [-0.15, -0.1) is 0 Å². The molecular weight excluding hydrogens is 260 g/mol. The average Bonchev–Trinajstić information content (AvgIpc) is 2.14. The van der Waals surface area contributed by atoms with Crippen LogP contribution in [0.25, 0.3) is 0 Å². The second-order valence-corrected chi connectivity index (χ2v) is 4.06. The summed E-state index contributed by atoms with van der Waals surface area (Å²) in [6, 6.07) is 0. The second-order valence-electron chi connectivity index (χ2n) is 1.34. The summed E-state index contributed by atoms with van der Waals surface area (Å²) in [6.07, 6.45) is 8.46. The predicted octanol–water partition coefficient (Wildman–Crippen LogP) is 0.857. The van der Waals surface area contributed by atoms with Crippen LogP contribution in [0, 0.1) is 0 Å². The molecule has 2 heteroatoms. The summed E-state index contributed by atoms with van der Waals surface area (Å²) in [7, 11) is 0. The summed E-state index contributed by atoms with van der Waals surface area (Å²) in [5, 5.41) is 0. The molecule has 1 nitrogen and oxygen atoms in total. The molecule has 0 saturated carbocycles. The van der Waals surface area contributed by atoms with Crippen molar-refractivity contribution in [3.05, 3.63) is 24.3 Å². The van der Waals surface area contributed by atoms with Crippen molar-refractivity contribution in [2.24, 2.45) is 4.37 Å². The Kier molecular flexibility index (Phi) is 1.81. The van der Waals surface area contributed by atoms with E-state index in [1.807, 2.05) is 0 Å². The molecule has 1 aliphatic carbocycles. The van der Waals surface area contributed by atoms with Crippen LogP contribution in [0.3, 0.4) is 0 Å². The van der Waals surface area contributed by atoms with Gasteiger partial charge in [-0.3, -0.25) is 0 Å². The minimum atomic E-state index is -0.386. The molecule has 0 aromatic rings. The van der Waals surface area contributed by atoms with Gasteiger partial charge in [0.05, 0.1) is 0 Å². The van der Waals surface area contributed by atoms with E-state index in [1.54, 1.807) is 0 Å². The summed E-state index contributed by atoms with van der Waals surface area (Å²) in [4.78, 5) is 0. The van der Waals surface area contributed by atoms with Crippen molar-refractivity contribution in [3.8, 4) is 0 Å². The number of allylic oxidation sites excluding steroid dienone is 4. The Morgan fingerprint density at radius 2 is 1.86 bits per heavy atom. The SMILES string of the molecule is [NH2][Re][CH]1C=CC=C1. The zero-order chi connectivity index (χ0) is 5.11. The van der Waals surface area contributed by atoms with Crippen molar-refractivity contribution in [1.29, 1.82) is 0 Å². The van der Waals surface area contributed by atoms with Crippen LogP contribution in [0.15, 0.2) is 24.3 Å². The van der Waals surface area contributed by atoms with Crippen LogP contribution in [-0.4, -0.2) is 0 Å². The van der Waals surface area contributed by atoms with E-state index in [1.165, 1.54) is 0 Å². The summed E-state index contributed by atoms with van der Waals surface area (Å²) in [6.45, 7) is 0. The van der Waals surface area contributed by atoms with Crippen molar-refractivity contribution in [2.45, 2.75) is 4.39 Å². The van der Waals surface area contributed by atoms with Gasteiger partial charge in [0.25, 0.3) is 0 Å². The van der Waals surface area contributed by atoms with E-state index in [4.69, 9.17) is 4.37 Å². The Morgan fingerprint density at radius 1 is 1.29 bits per heavy atom. The van der Waals surface area contributed by atoms with Gasteiger partial charge in [0.15, 0.2) is 0 Å². The molecule has 0 heterocycles. The van der Waals surface area contributed by atoms with Gasteiger partial charge in [-0.2, -0.15) is 0 Å². The standard InChI is InChI=1S/C5H5.H2N.Re/c1-2-4-5-3-1;;/h1-5H;1H2;/q;-1;+1. The average molecular weight is 267 g/mol. The first-order chi connectivity index (χ1) is 3.43. The number of rotatable bonds is 1. The molecule has 0 saturated heterocycles. The molecular formula is C5H7NRe. The Hall–Kier alpha value is 0.102. The Labute approximate surface area is 51.7 Å². The van der Waals surface area contributed by atoms with Crippen LogP contribution in [0.2, 0.25) is 4.39 Å². The molecule has 0 atom stereocenters. The monoisotopic (exact) mass is 268 g/mol. The number of nitrogens with two attached hydrogens (primary N) is 1. The quantitative estimate of drug-likeness (QED) is 0.749. The van der Waals surface area contributed by atoms with Gasteiger partial charge in [-0.05, 0) is 0 Å². The van der Waals surface area contributed by atoms with E-state index in [2.05, 4.69) is 24.3 Å². The van der Waals surface area contributed by atoms with Crippen LogP contribution in [0.4, 0.5) is 0 Å². The van der Waals surface area contributed by atoms with Crippen LogP contribution < -0.4 is 4.37 Å². The molecule has 39 valence electrons. The maximum absolute atomic E-state index is 5.48. The van der Waals surface area contributed by atoms with Gasteiger partial charge < -0.3 is 0 Å². The fraction of sp³-hybridized carbons (Fsp3) is 0.200. The normalized spacial score (nSPS) is 19.0. The zero-order valence-electron chi connectivity index (χ0n) is 3.84. The summed E-state index contributed by atoms with van der Waals surface area (Å²) >= 11 is -0.386. The molecule has 0 radical (unpaired) electrons. The number of hydrogen-bond donors (Lipinski definition) is 1.